The van der Waals surface area contributed by atoms with Gasteiger partial charge in [0.15, 0.2) is 0 Å². The summed E-state index contributed by atoms with van der Waals surface area (Å²) < 4.78 is 36.0. The van der Waals surface area contributed by atoms with E-state index in [-0.39, 0.29) is 12.3 Å². The van der Waals surface area contributed by atoms with E-state index in [1.54, 1.807) is 12.1 Å². The molecule has 0 atom stereocenters. The van der Waals surface area contributed by atoms with E-state index in [0.29, 0.717) is 0 Å². The van der Waals surface area contributed by atoms with Crippen molar-refractivity contribution in [3.05, 3.63) is 0 Å². The number of hydrogen-bond donors (Lipinski definition) is 0. The summed E-state index contributed by atoms with van der Waals surface area (Å²) in [6.45, 7) is 0. The third-order valence-electron chi connectivity index (χ3n) is 2.60. The summed E-state index contributed by atoms with van der Waals surface area (Å²) in [6.07, 6.45) is -3.60. The Balaban J connectivity index is 2.57. The summed E-state index contributed by atoms with van der Waals surface area (Å²) in [4.78, 5) is 0. The highest BCUT2D eigenvalue weighted by atomic mass is 19.4. The molecular formula is C10H11F3N2. The largest absolute Gasteiger partial charge is 0.389 e. The van der Waals surface area contributed by atoms with Crippen LogP contribution in [-0.4, -0.2) is 6.18 Å². The van der Waals surface area contributed by atoms with Crippen molar-refractivity contribution >= 4 is 0 Å². The number of hydrogen-bond acceptors (Lipinski definition) is 2. The first-order chi connectivity index (χ1) is 6.91. The summed E-state index contributed by atoms with van der Waals surface area (Å²) in [5, 5.41) is 17.6. The average Bonchev–Trinajstić information content (AvgIpc) is 2.95. The molecule has 0 aliphatic heterocycles. The van der Waals surface area contributed by atoms with E-state index in [1.807, 2.05) is 0 Å². The first kappa shape index (κ1) is 11.8. The van der Waals surface area contributed by atoms with Gasteiger partial charge in [0, 0.05) is 6.42 Å². The third kappa shape index (κ3) is 3.79. The predicted octanol–water partition coefficient (Wildman–Crippen LogP) is 3.16. The molecule has 0 N–H and O–H groups in total. The van der Waals surface area contributed by atoms with E-state index in [0.717, 1.165) is 12.8 Å². The van der Waals surface area contributed by atoms with Crippen LogP contribution in [0.4, 0.5) is 13.2 Å². The van der Waals surface area contributed by atoms with Crippen molar-refractivity contribution in [2.45, 2.75) is 38.3 Å². The van der Waals surface area contributed by atoms with Gasteiger partial charge in [-0.1, -0.05) is 12.8 Å². The van der Waals surface area contributed by atoms with Gasteiger partial charge in [0.25, 0.3) is 0 Å². The van der Waals surface area contributed by atoms with E-state index in [4.69, 9.17) is 10.5 Å². The SMILES string of the molecule is N#CC(C#N)(CCC(F)(F)F)CC1CC1. The van der Waals surface area contributed by atoms with Crippen molar-refractivity contribution < 1.29 is 13.2 Å². The van der Waals surface area contributed by atoms with Gasteiger partial charge in [0.1, 0.15) is 5.41 Å². The standard InChI is InChI=1S/C10H11F3N2/c11-10(12,13)4-3-9(6-14,7-15)5-8-1-2-8/h8H,1-5H2. The Morgan fingerprint density at radius 2 is 1.60 bits per heavy atom. The zero-order valence-electron chi connectivity index (χ0n) is 8.14. The maximum atomic E-state index is 12.0. The molecule has 1 fully saturated rings. The lowest BCUT2D eigenvalue weighted by Crippen LogP contribution is -2.21. The van der Waals surface area contributed by atoms with Crippen LogP contribution in [0.25, 0.3) is 0 Å². The zero-order valence-corrected chi connectivity index (χ0v) is 8.14. The van der Waals surface area contributed by atoms with Gasteiger partial charge in [0.2, 0.25) is 0 Å². The molecule has 0 aromatic carbocycles. The Morgan fingerprint density at radius 1 is 1.07 bits per heavy atom. The van der Waals surface area contributed by atoms with Gasteiger partial charge in [-0.05, 0) is 18.8 Å². The van der Waals surface area contributed by atoms with Gasteiger partial charge in [-0.15, -0.1) is 0 Å². The van der Waals surface area contributed by atoms with Crippen LogP contribution < -0.4 is 0 Å². The Hall–Kier alpha value is -1.23. The maximum Gasteiger partial charge on any atom is 0.389 e. The van der Waals surface area contributed by atoms with Gasteiger partial charge < -0.3 is 0 Å². The number of rotatable bonds is 4. The van der Waals surface area contributed by atoms with E-state index in [9.17, 15) is 13.2 Å². The molecule has 0 saturated heterocycles. The molecule has 1 aliphatic carbocycles. The Morgan fingerprint density at radius 3 is 1.93 bits per heavy atom. The second-order valence-corrected chi connectivity index (χ2v) is 4.07. The highest BCUT2D eigenvalue weighted by Gasteiger charge is 2.40. The molecular weight excluding hydrogens is 205 g/mol. The molecule has 0 amide bonds. The fourth-order valence-electron chi connectivity index (χ4n) is 1.50. The van der Waals surface area contributed by atoms with Crippen molar-refractivity contribution in [2.24, 2.45) is 11.3 Å². The molecule has 0 bridgehead atoms. The van der Waals surface area contributed by atoms with Crippen LogP contribution in [-0.2, 0) is 0 Å². The minimum absolute atomic E-state index is 0.275. The fraction of sp³-hybridized carbons (Fsp3) is 0.800. The number of nitriles is 2. The molecule has 0 spiro atoms. The minimum atomic E-state index is -4.29. The van der Waals surface area contributed by atoms with Gasteiger partial charge in [-0.2, -0.15) is 23.7 Å². The molecule has 0 unspecified atom stereocenters. The molecule has 0 aromatic heterocycles. The van der Waals surface area contributed by atoms with Crippen LogP contribution in [0.15, 0.2) is 0 Å². The lowest BCUT2D eigenvalue weighted by molar-refractivity contribution is -0.138. The first-order valence-electron chi connectivity index (χ1n) is 4.80. The maximum absolute atomic E-state index is 12.0. The third-order valence-corrected chi connectivity index (χ3v) is 2.60. The predicted molar refractivity (Wildman–Crippen MR) is 46.3 cm³/mol. The number of alkyl halides is 3. The summed E-state index contributed by atoms with van der Waals surface area (Å²) in [6, 6.07) is 3.50. The Labute approximate surface area is 86.3 Å². The highest BCUT2D eigenvalue weighted by Crippen LogP contribution is 2.43. The molecule has 1 saturated carbocycles. The molecule has 1 aliphatic rings. The van der Waals surface area contributed by atoms with Crippen LogP contribution in [0.2, 0.25) is 0 Å². The van der Waals surface area contributed by atoms with Crippen LogP contribution >= 0.6 is 0 Å². The van der Waals surface area contributed by atoms with Crippen molar-refractivity contribution in [3.63, 3.8) is 0 Å². The van der Waals surface area contributed by atoms with Crippen LogP contribution in [0.5, 0.6) is 0 Å². The molecule has 0 aromatic rings. The average molecular weight is 216 g/mol. The molecule has 1 rings (SSSR count). The minimum Gasteiger partial charge on any atom is -0.197 e. The van der Waals surface area contributed by atoms with Gasteiger partial charge >= 0.3 is 6.18 Å². The van der Waals surface area contributed by atoms with Gasteiger partial charge in [-0.3, -0.25) is 0 Å². The molecule has 15 heavy (non-hydrogen) atoms. The summed E-state index contributed by atoms with van der Waals surface area (Å²) in [5.41, 5.74) is -1.43. The first-order valence-corrected chi connectivity index (χ1v) is 4.80. The van der Waals surface area contributed by atoms with Crippen molar-refractivity contribution in [1.29, 1.82) is 10.5 Å². The van der Waals surface area contributed by atoms with Crippen LogP contribution in [0.3, 0.4) is 0 Å². The molecule has 5 heteroatoms. The van der Waals surface area contributed by atoms with E-state index >= 15 is 0 Å². The van der Waals surface area contributed by atoms with Crippen LogP contribution in [0.1, 0.15) is 32.1 Å². The van der Waals surface area contributed by atoms with Gasteiger partial charge in [0.05, 0.1) is 12.1 Å². The lowest BCUT2D eigenvalue weighted by Gasteiger charge is -2.18. The topological polar surface area (TPSA) is 47.6 Å². The second-order valence-electron chi connectivity index (χ2n) is 4.07. The van der Waals surface area contributed by atoms with Crippen molar-refractivity contribution in [2.75, 3.05) is 0 Å². The highest BCUT2D eigenvalue weighted by molar-refractivity contribution is 5.15. The van der Waals surface area contributed by atoms with Crippen molar-refractivity contribution in [1.82, 2.24) is 0 Å². The molecule has 0 radical (unpaired) electrons. The Bertz CT molecular complexity index is 290. The van der Waals surface area contributed by atoms with Gasteiger partial charge in [-0.25, -0.2) is 0 Å². The van der Waals surface area contributed by atoms with E-state index in [1.165, 1.54) is 0 Å². The number of nitrogens with zero attached hydrogens (tertiary/aromatic N) is 2. The lowest BCUT2D eigenvalue weighted by atomic mass is 9.81. The molecule has 82 valence electrons. The normalized spacial score (nSPS) is 16.9. The summed E-state index contributed by atoms with van der Waals surface area (Å²) >= 11 is 0. The van der Waals surface area contributed by atoms with Crippen molar-refractivity contribution in [3.8, 4) is 12.1 Å². The quantitative estimate of drug-likeness (QED) is 0.724. The Kier molecular flexibility index (Phi) is 3.24. The fourth-order valence-corrected chi connectivity index (χ4v) is 1.50. The van der Waals surface area contributed by atoms with E-state index in [2.05, 4.69) is 0 Å². The second kappa shape index (κ2) is 4.10. The summed E-state index contributed by atoms with van der Waals surface area (Å²) in [7, 11) is 0. The number of halogens is 3. The molecule has 2 nitrogen and oxygen atoms in total. The zero-order chi connectivity index (χ0) is 11.5. The smallest absolute Gasteiger partial charge is 0.197 e. The van der Waals surface area contributed by atoms with Crippen LogP contribution in [0, 0.1) is 34.0 Å². The monoisotopic (exact) mass is 216 g/mol. The van der Waals surface area contributed by atoms with E-state index < -0.39 is 24.4 Å². The summed E-state index contributed by atoms with van der Waals surface area (Å²) in [5.74, 6) is 0.275. The molecule has 0 heterocycles.